The normalized spacial score (nSPS) is 15.9. The highest BCUT2D eigenvalue weighted by Gasteiger charge is 2.49. The van der Waals surface area contributed by atoms with Gasteiger partial charge in [-0.05, 0) is 61.7 Å². The number of alkyl carbamates (subject to hydrolysis) is 1. The molecule has 0 aromatic heterocycles. The first-order valence-corrected chi connectivity index (χ1v) is 7.94. The smallest absolute Gasteiger partial charge is 0.408 e. The Kier molecular flexibility index (Phi) is 4.61. The fraction of sp³-hybridized carbons (Fsp3) is 0.562. The van der Waals surface area contributed by atoms with Gasteiger partial charge in [-0.15, -0.1) is 0 Å². The van der Waals surface area contributed by atoms with Crippen LogP contribution in [0.1, 0.15) is 39.2 Å². The van der Waals surface area contributed by atoms with Crippen molar-refractivity contribution in [1.29, 1.82) is 0 Å². The number of methoxy groups -OCH3 is 2. The number of carbonyl (C=O) groups excluding carboxylic acids is 1. The van der Waals surface area contributed by atoms with Gasteiger partial charge in [-0.2, -0.15) is 0 Å². The lowest BCUT2D eigenvalue weighted by Crippen LogP contribution is -2.39. The quantitative estimate of drug-likeness (QED) is 0.869. The molecule has 1 fully saturated rings. The molecule has 5 nitrogen and oxygen atoms in total. The first-order valence-electron chi connectivity index (χ1n) is 7.14. The molecule has 22 heavy (non-hydrogen) atoms. The van der Waals surface area contributed by atoms with Crippen molar-refractivity contribution >= 4 is 22.0 Å². The van der Waals surface area contributed by atoms with Gasteiger partial charge in [0.1, 0.15) is 21.6 Å². The van der Waals surface area contributed by atoms with Crippen LogP contribution < -0.4 is 14.8 Å². The Balaban J connectivity index is 2.27. The van der Waals surface area contributed by atoms with E-state index in [0.29, 0.717) is 11.5 Å². The molecule has 1 aliphatic carbocycles. The maximum atomic E-state index is 12.1. The van der Waals surface area contributed by atoms with E-state index in [0.717, 1.165) is 22.9 Å². The maximum Gasteiger partial charge on any atom is 0.408 e. The van der Waals surface area contributed by atoms with Crippen molar-refractivity contribution in [3.8, 4) is 11.5 Å². The molecule has 2 rings (SSSR count). The van der Waals surface area contributed by atoms with Crippen molar-refractivity contribution in [2.45, 2.75) is 44.8 Å². The van der Waals surface area contributed by atoms with Crippen LogP contribution in [0.4, 0.5) is 4.79 Å². The first-order chi connectivity index (χ1) is 10.2. The standard InChI is InChI=1S/C16H22BrNO4/c1-15(2,3)22-14(19)18-16(8-9-16)10-6-7-11(20-4)12(17)13(10)21-5/h6-7H,8-9H2,1-5H3,(H,18,19). The van der Waals surface area contributed by atoms with E-state index in [1.165, 1.54) is 0 Å². The van der Waals surface area contributed by atoms with Gasteiger partial charge in [0.2, 0.25) is 0 Å². The molecule has 0 bridgehead atoms. The first kappa shape index (κ1) is 16.9. The largest absolute Gasteiger partial charge is 0.495 e. The highest BCUT2D eigenvalue weighted by molar-refractivity contribution is 9.10. The van der Waals surface area contributed by atoms with Gasteiger partial charge < -0.3 is 19.5 Å². The van der Waals surface area contributed by atoms with Crippen molar-refractivity contribution in [2.75, 3.05) is 14.2 Å². The van der Waals surface area contributed by atoms with Gasteiger partial charge in [0.15, 0.2) is 0 Å². The molecule has 0 unspecified atom stereocenters. The molecular weight excluding hydrogens is 350 g/mol. The Morgan fingerprint density at radius 3 is 2.32 bits per heavy atom. The molecule has 6 heteroatoms. The summed E-state index contributed by atoms with van der Waals surface area (Å²) in [5.41, 5.74) is -0.0266. The van der Waals surface area contributed by atoms with E-state index in [-0.39, 0.29) is 0 Å². The van der Waals surface area contributed by atoms with Crippen LogP contribution in [0.25, 0.3) is 0 Å². The van der Waals surface area contributed by atoms with Gasteiger partial charge in [-0.25, -0.2) is 4.79 Å². The number of hydrogen-bond acceptors (Lipinski definition) is 4. The summed E-state index contributed by atoms with van der Waals surface area (Å²) in [6.07, 6.45) is 1.28. The second-order valence-corrected chi connectivity index (χ2v) is 7.16. The molecule has 1 N–H and O–H groups in total. The van der Waals surface area contributed by atoms with Crippen molar-refractivity contribution in [1.82, 2.24) is 5.32 Å². The van der Waals surface area contributed by atoms with Crippen LogP contribution in [0, 0.1) is 0 Å². The van der Waals surface area contributed by atoms with Gasteiger partial charge in [0.05, 0.1) is 19.8 Å². The Morgan fingerprint density at radius 1 is 1.23 bits per heavy atom. The van der Waals surface area contributed by atoms with Crippen LogP contribution in [0.3, 0.4) is 0 Å². The summed E-state index contributed by atoms with van der Waals surface area (Å²) in [4.78, 5) is 12.1. The average Bonchev–Trinajstić information content (AvgIpc) is 3.16. The molecular formula is C16H22BrNO4. The van der Waals surface area contributed by atoms with Crippen molar-refractivity contribution in [2.24, 2.45) is 0 Å². The number of amides is 1. The van der Waals surface area contributed by atoms with Gasteiger partial charge in [0.25, 0.3) is 0 Å². The number of hydrogen-bond donors (Lipinski definition) is 1. The summed E-state index contributed by atoms with van der Waals surface area (Å²) >= 11 is 3.49. The number of benzene rings is 1. The fourth-order valence-electron chi connectivity index (χ4n) is 2.36. The minimum Gasteiger partial charge on any atom is -0.495 e. The van der Waals surface area contributed by atoms with E-state index in [2.05, 4.69) is 21.2 Å². The Morgan fingerprint density at radius 2 is 1.86 bits per heavy atom. The summed E-state index contributed by atoms with van der Waals surface area (Å²) in [5, 5.41) is 2.98. The summed E-state index contributed by atoms with van der Waals surface area (Å²) in [6, 6.07) is 3.78. The predicted molar refractivity (Wildman–Crippen MR) is 87.5 cm³/mol. The number of ether oxygens (including phenoxy) is 3. The molecule has 1 aromatic carbocycles. The lowest BCUT2D eigenvalue weighted by atomic mass is 10.0. The highest BCUT2D eigenvalue weighted by Crippen LogP contribution is 2.52. The Hall–Kier alpha value is -1.43. The van der Waals surface area contributed by atoms with Crippen LogP contribution in [-0.4, -0.2) is 25.9 Å². The topological polar surface area (TPSA) is 56.8 Å². The molecule has 122 valence electrons. The number of halogens is 1. The third kappa shape index (κ3) is 3.48. The molecule has 1 amide bonds. The molecule has 0 atom stereocenters. The van der Waals surface area contributed by atoms with Crippen LogP contribution in [0.2, 0.25) is 0 Å². The van der Waals surface area contributed by atoms with Crippen molar-refractivity contribution in [3.05, 3.63) is 22.2 Å². The Bertz CT molecular complexity index is 576. The van der Waals surface area contributed by atoms with Crippen molar-refractivity contribution in [3.63, 3.8) is 0 Å². The third-order valence-electron chi connectivity index (χ3n) is 3.49. The summed E-state index contributed by atoms with van der Waals surface area (Å²) in [7, 11) is 3.21. The molecule has 1 aliphatic rings. The molecule has 0 saturated heterocycles. The van der Waals surface area contributed by atoms with E-state index in [1.54, 1.807) is 14.2 Å². The van der Waals surface area contributed by atoms with Crippen LogP contribution in [0.5, 0.6) is 11.5 Å². The van der Waals surface area contributed by atoms with E-state index in [9.17, 15) is 4.79 Å². The van der Waals surface area contributed by atoms with Crippen LogP contribution in [-0.2, 0) is 10.3 Å². The second kappa shape index (κ2) is 5.99. The monoisotopic (exact) mass is 371 g/mol. The number of carbonyl (C=O) groups is 1. The van der Waals surface area contributed by atoms with E-state index in [4.69, 9.17) is 14.2 Å². The van der Waals surface area contributed by atoms with Crippen LogP contribution >= 0.6 is 15.9 Å². The van der Waals surface area contributed by atoms with Gasteiger partial charge in [-0.1, -0.05) is 0 Å². The molecule has 0 spiro atoms. The van der Waals surface area contributed by atoms with E-state index in [1.807, 2.05) is 32.9 Å². The zero-order valence-electron chi connectivity index (χ0n) is 13.6. The third-order valence-corrected chi connectivity index (χ3v) is 4.24. The lowest BCUT2D eigenvalue weighted by molar-refractivity contribution is 0.0494. The minimum atomic E-state index is -0.523. The zero-order valence-corrected chi connectivity index (χ0v) is 15.2. The molecule has 1 aromatic rings. The fourth-order valence-corrected chi connectivity index (χ4v) is 3.03. The van der Waals surface area contributed by atoms with Gasteiger partial charge in [-0.3, -0.25) is 0 Å². The minimum absolute atomic E-state index is 0.418. The predicted octanol–water partition coefficient (Wildman–Crippen LogP) is 3.98. The van der Waals surface area contributed by atoms with Crippen LogP contribution in [0.15, 0.2) is 16.6 Å². The molecule has 1 saturated carbocycles. The number of nitrogens with one attached hydrogen (secondary N) is 1. The van der Waals surface area contributed by atoms with Crippen molar-refractivity contribution < 1.29 is 19.0 Å². The summed E-state index contributed by atoms with van der Waals surface area (Å²) in [6.45, 7) is 5.53. The zero-order chi connectivity index (χ0) is 16.5. The number of rotatable bonds is 4. The maximum absolute atomic E-state index is 12.1. The molecule has 0 heterocycles. The van der Waals surface area contributed by atoms with E-state index < -0.39 is 17.2 Å². The highest BCUT2D eigenvalue weighted by atomic mass is 79.9. The molecule has 0 aliphatic heterocycles. The average molecular weight is 372 g/mol. The summed E-state index contributed by atoms with van der Waals surface area (Å²) < 4.78 is 16.9. The second-order valence-electron chi connectivity index (χ2n) is 6.37. The summed E-state index contributed by atoms with van der Waals surface area (Å²) in [5.74, 6) is 1.36. The van der Waals surface area contributed by atoms with Gasteiger partial charge >= 0.3 is 6.09 Å². The SMILES string of the molecule is COc1ccc(C2(NC(=O)OC(C)(C)C)CC2)c(OC)c1Br. The Labute approximate surface area is 139 Å². The lowest BCUT2D eigenvalue weighted by Gasteiger charge is -2.25. The molecule has 0 radical (unpaired) electrons. The van der Waals surface area contributed by atoms with E-state index >= 15 is 0 Å². The van der Waals surface area contributed by atoms with Gasteiger partial charge in [0, 0.05) is 5.56 Å².